The number of carbonyl (C=O) groups is 1. The fraction of sp³-hybridized carbons (Fsp3) is 0.480. The Hall–Kier alpha value is -2.84. The fourth-order valence-electron chi connectivity index (χ4n) is 4.87. The number of likely N-dealkylation sites (tertiary alicyclic amines) is 1. The van der Waals surface area contributed by atoms with Crippen molar-refractivity contribution in [2.75, 3.05) is 24.5 Å². The second kappa shape index (κ2) is 9.97. The van der Waals surface area contributed by atoms with Gasteiger partial charge in [-0.05, 0) is 74.4 Å². The third kappa shape index (κ3) is 5.07. The molecule has 4 rings (SSSR count). The molecule has 0 radical (unpaired) electrons. The van der Waals surface area contributed by atoms with E-state index in [1.807, 2.05) is 0 Å². The molecule has 1 saturated heterocycles. The molecule has 176 valence electrons. The van der Waals surface area contributed by atoms with Crippen LogP contribution in [-0.4, -0.2) is 47.7 Å². The van der Waals surface area contributed by atoms with Gasteiger partial charge in [-0.2, -0.15) is 0 Å². The van der Waals surface area contributed by atoms with Crippen LogP contribution >= 0.6 is 0 Å². The highest BCUT2D eigenvalue weighted by molar-refractivity contribution is 6.07. The Labute approximate surface area is 193 Å². The average Bonchev–Trinajstić information content (AvgIpc) is 3.27. The molecular formula is C25H30FN3O4. The van der Waals surface area contributed by atoms with Crippen LogP contribution in [0.1, 0.15) is 54.1 Å². The number of benzene rings is 2. The van der Waals surface area contributed by atoms with E-state index in [0.29, 0.717) is 36.2 Å². The van der Waals surface area contributed by atoms with Gasteiger partial charge in [0.25, 0.3) is 11.6 Å². The third-order valence-corrected chi connectivity index (χ3v) is 6.60. The zero-order valence-electron chi connectivity index (χ0n) is 19.1. The number of nitro groups is 1. The van der Waals surface area contributed by atoms with Crippen LogP contribution in [0.5, 0.6) is 0 Å². The maximum absolute atomic E-state index is 14.0. The summed E-state index contributed by atoms with van der Waals surface area (Å²) < 4.78 is 20.5. The lowest BCUT2D eigenvalue weighted by Crippen LogP contribution is -2.43. The van der Waals surface area contributed by atoms with Gasteiger partial charge < -0.3 is 9.64 Å². The monoisotopic (exact) mass is 455 g/mol. The van der Waals surface area contributed by atoms with Gasteiger partial charge >= 0.3 is 0 Å². The van der Waals surface area contributed by atoms with Gasteiger partial charge in [-0.3, -0.25) is 19.8 Å². The molecule has 0 N–H and O–H groups in total. The van der Waals surface area contributed by atoms with Gasteiger partial charge in [-0.1, -0.05) is 6.92 Å². The molecule has 2 heterocycles. The maximum atomic E-state index is 14.0. The molecule has 33 heavy (non-hydrogen) atoms. The first kappa shape index (κ1) is 23.3. The zero-order valence-corrected chi connectivity index (χ0v) is 19.1. The van der Waals surface area contributed by atoms with Gasteiger partial charge in [-0.15, -0.1) is 0 Å². The summed E-state index contributed by atoms with van der Waals surface area (Å²) in [4.78, 5) is 28.3. The van der Waals surface area contributed by atoms with E-state index in [4.69, 9.17) is 4.74 Å². The molecule has 0 spiro atoms. The molecule has 2 atom stereocenters. The quantitative estimate of drug-likeness (QED) is 0.460. The first-order chi connectivity index (χ1) is 15.9. The summed E-state index contributed by atoms with van der Waals surface area (Å²) in [6.07, 6.45) is 4.27. The minimum Gasteiger partial charge on any atom is -0.358 e. The largest absolute Gasteiger partial charge is 0.358 e. The van der Waals surface area contributed by atoms with Crippen LogP contribution in [0, 0.1) is 22.9 Å². The van der Waals surface area contributed by atoms with Crippen LogP contribution in [0.4, 0.5) is 15.8 Å². The van der Waals surface area contributed by atoms with E-state index < -0.39 is 4.92 Å². The minimum atomic E-state index is -0.474. The predicted octanol–water partition coefficient (Wildman–Crippen LogP) is 4.85. The van der Waals surface area contributed by atoms with Crippen molar-refractivity contribution in [1.29, 1.82) is 0 Å². The summed E-state index contributed by atoms with van der Waals surface area (Å²) in [5.74, 6) is -0.601. The summed E-state index contributed by atoms with van der Waals surface area (Å²) in [5.41, 5.74) is 2.30. The van der Waals surface area contributed by atoms with E-state index in [-0.39, 0.29) is 29.7 Å². The molecule has 0 bridgehead atoms. The summed E-state index contributed by atoms with van der Waals surface area (Å²) in [7, 11) is 0. The number of amides is 1. The molecule has 0 saturated carbocycles. The first-order valence-corrected chi connectivity index (χ1v) is 11.6. The van der Waals surface area contributed by atoms with E-state index in [0.717, 1.165) is 25.1 Å². The van der Waals surface area contributed by atoms with Crippen LogP contribution in [0.2, 0.25) is 0 Å². The van der Waals surface area contributed by atoms with Gasteiger partial charge in [0.05, 0.1) is 17.6 Å². The number of rotatable bonds is 6. The molecule has 2 aliphatic rings. The number of nitro benzene ring substituents is 1. The number of fused-ring (bicyclic) bond motifs is 1. The normalized spacial score (nSPS) is 19.7. The summed E-state index contributed by atoms with van der Waals surface area (Å²) in [6, 6.07) is 8.74. The Morgan fingerprint density at radius 3 is 2.67 bits per heavy atom. The lowest BCUT2D eigenvalue weighted by atomic mass is 10.0. The van der Waals surface area contributed by atoms with Crippen LogP contribution in [0.25, 0.3) is 0 Å². The summed E-state index contributed by atoms with van der Waals surface area (Å²) >= 11 is 0. The van der Waals surface area contributed by atoms with Crippen molar-refractivity contribution in [2.45, 2.75) is 58.3 Å². The van der Waals surface area contributed by atoms with E-state index in [2.05, 4.69) is 11.8 Å². The van der Waals surface area contributed by atoms with E-state index in [1.54, 1.807) is 17.9 Å². The van der Waals surface area contributed by atoms with E-state index in [1.165, 1.54) is 43.2 Å². The topological polar surface area (TPSA) is 75.9 Å². The predicted molar refractivity (Wildman–Crippen MR) is 124 cm³/mol. The van der Waals surface area contributed by atoms with Crippen molar-refractivity contribution in [1.82, 2.24) is 4.90 Å². The first-order valence-electron chi connectivity index (χ1n) is 11.6. The second-order valence-corrected chi connectivity index (χ2v) is 8.85. The molecule has 2 aliphatic heterocycles. The molecule has 2 aromatic carbocycles. The molecule has 0 aromatic heterocycles. The number of non-ortho nitro benzene ring substituents is 1. The number of aryl methyl sites for hydroxylation is 2. The fourth-order valence-corrected chi connectivity index (χ4v) is 4.87. The standard InChI is InChI=1S/C25H30FN3O4/c1-3-24(27-12-4-5-13-27)33-21-9-6-18-15-19(26)7-11-23(18)28(16-21)25(30)22-10-8-20(29(31)32)14-17(22)2/h7-8,10-11,14-15,21,24H,3-6,9,12-13,16H2,1-2H3. The molecule has 2 aromatic rings. The second-order valence-electron chi connectivity index (χ2n) is 8.85. The number of ether oxygens (including phenoxy) is 1. The number of carbonyl (C=O) groups excluding carboxylic acids is 1. The lowest BCUT2D eigenvalue weighted by Gasteiger charge is -2.32. The van der Waals surface area contributed by atoms with Crippen molar-refractivity contribution in [2.24, 2.45) is 0 Å². The van der Waals surface area contributed by atoms with Crippen molar-refractivity contribution in [3.8, 4) is 0 Å². The van der Waals surface area contributed by atoms with Gasteiger partial charge in [0.1, 0.15) is 12.0 Å². The number of anilines is 1. The maximum Gasteiger partial charge on any atom is 0.269 e. The van der Waals surface area contributed by atoms with Crippen molar-refractivity contribution in [3.63, 3.8) is 0 Å². The van der Waals surface area contributed by atoms with Crippen LogP contribution in [0.15, 0.2) is 36.4 Å². The highest BCUT2D eigenvalue weighted by Crippen LogP contribution is 2.31. The SMILES string of the molecule is CCC(OC1CCc2cc(F)ccc2N(C(=O)c2ccc([N+](=O)[O-])cc2C)C1)N1CCCC1. The number of nitrogens with zero attached hydrogens (tertiary/aromatic N) is 3. The third-order valence-electron chi connectivity index (χ3n) is 6.60. The number of hydrogen-bond acceptors (Lipinski definition) is 5. The Morgan fingerprint density at radius 2 is 2.00 bits per heavy atom. The van der Waals surface area contributed by atoms with E-state index in [9.17, 15) is 19.3 Å². The molecular weight excluding hydrogens is 425 g/mol. The Bertz CT molecular complexity index is 1040. The highest BCUT2D eigenvalue weighted by atomic mass is 19.1. The molecule has 7 nitrogen and oxygen atoms in total. The van der Waals surface area contributed by atoms with Gasteiger partial charge in [0, 0.05) is 36.5 Å². The average molecular weight is 456 g/mol. The van der Waals surface area contributed by atoms with Gasteiger partial charge in [0.2, 0.25) is 0 Å². The highest BCUT2D eigenvalue weighted by Gasteiger charge is 2.31. The lowest BCUT2D eigenvalue weighted by molar-refractivity contribution is -0.384. The summed E-state index contributed by atoms with van der Waals surface area (Å²) in [6.45, 7) is 6.17. The molecule has 0 aliphatic carbocycles. The van der Waals surface area contributed by atoms with Crippen LogP contribution < -0.4 is 4.90 Å². The smallest absolute Gasteiger partial charge is 0.269 e. The van der Waals surface area contributed by atoms with Crippen molar-refractivity contribution >= 4 is 17.3 Å². The van der Waals surface area contributed by atoms with Crippen molar-refractivity contribution in [3.05, 3.63) is 69.0 Å². The van der Waals surface area contributed by atoms with E-state index >= 15 is 0 Å². The Morgan fingerprint density at radius 1 is 1.24 bits per heavy atom. The molecule has 1 fully saturated rings. The Balaban J connectivity index is 1.64. The zero-order chi connectivity index (χ0) is 23.5. The number of halogens is 1. The molecule has 8 heteroatoms. The minimum absolute atomic E-state index is 0.00601. The van der Waals surface area contributed by atoms with Gasteiger partial charge in [0.15, 0.2) is 0 Å². The molecule has 1 amide bonds. The Kier molecular flexibility index (Phi) is 7.05. The van der Waals surface area contributed by atoms with Crippen LogP contribution in [-0.2, 0) is 11.2 Å². The van der Waals surface area contributed by atoms with Crippen LogP contribution in [0.3, 0.4) is 0 Å². The summed E-state index contributed by atoms with van der Waals surface area (Å²) in [5, 5.41) is 11.1. The molecule has 2 unspecified atom stereocenters. The van der Waals surface area contributed by atoms with Gasteiger partial charge in [-0.25, -0.2) is 4.39 Å². The number of hydrogen-bond donors (Lipinski definition) is 0. The van der Waals surface area contributed by atoms with Crippen molar-refractivity contribution < 1.29 is 18.8 Å².